The summed E-state index contributed by atoms with van der Waals surface area (Å²) in [4.78, 5) is 13.7. The Labute approximate surface area is 114 Å². The van der Waals surface area contributed by atoms with Gasteiger partial charge in [0.1, 0.15) is 0 Å². The number of amides is 1. The first-order valence-corrected chi connectivity index (χ1v) is 7.70. The van der Waals surface area contributed by atoms with Crippen LogP contribution in [0.1, 0.15) is 35.7 Å². The fraction of sp³-hybridized carbons (Fsp3) is 0.462. The smallest absolute Gasteiger partial charge is 0.253 e. The summed E-state index contributed by atoms with van der Waals surface area (Å²) in [6, 6.07) is 4.45. The second-order valence-electron chi connectivity index (χ2n) is 4.66. The quantitative estimate of drug-likeness (QED) is 0.890. The van der Waals surface area contributed by atoms with Crippen molar-refractivity contribution in [1.82, 2.24) is 4.90 Å². The number of primary sulfonamides is 1. The largest absolute Gasteiger partial charge is 0.342 e. The second kappa shape index (κ2) is 6.16. The monoisotopic (exact) mass is 284 g/mol. The molecular formula is C13H20N2O3S. The molecule has 0 aliphatic carbocycles. The summed E-state index contributed by atoms with van der Waals surface area (Å²) in [5, 5.41) is 5.10. The summed E-state index contributed by atoms with van der Waals surface area (Å²) in [5.74, 6) is -0.193. The molecule has 0 radical (unpaired) electrons. The highest BCUT2D eigenvalue weighted by Crippen LogP contribution is 2.15. The fourth-order valence-corrected chi connectivity index (χ4v) is 2.39. The van der Waals surface area contributed by atoms with Gasteiger partial charge in [-0.15, -0.1) is 0 Å². The van der Waals surface area contributed by atoms with Crippen molar-refractivity contribution in [2.24, 2.45) is 5.14 Å². The van der Waals surface area contributed by atoms with Gasteiger partial charge in [0, 0.05) is 19.2 Å². The Hall–Kier alpha value is -1.40. The lowest BCUT2D eigenvalue weighted by Gasteiger charge is -2.17. The van der Waals surface area contributed by atoms with Crippen molar-refractivity contribution in [3.05, 3.63) is 29.3 Å². The van der Waals surface area contributed by atoms with E-state index in [2.05, 4.69) is 0 Å². The van der Waals surface area contributed by atoms with Crippen LogP contribution in [0.25, 0.3) is 0 Å². The van der Waals surface area contributed by atoms with E-state index in [1.807, 2.05) is 6.92 Å². The van der Waals surface area contributed by atoms with Crippen LogP contribution in [-0.4, -0.2) is 32.8 Å². The molecule has 0 spiro atoms. The average Bonchev–Trinajstić information content (AvgIpc) is 2.33. The lowest BCUT2D eigenvalue weighted by molar-refractivity contribution is 0.0793. The van der Waals surface area contributed by atoms with E-state index < -0.39 is 10.0 Å². The first kappa shape index (κ1) is 15.7. The molecule has 0 aliphatic heterocycles. The van der Waals surface area contributed by atoms with E-state index >= 15 is 0 Å². The SMILES string of the molecule is CCCCN(C)C(=O)c1cc(C)cc(S(N)(=O)=O)c1. The average molecular weight is 284 g/mol. The molecule has 1 aromatic carbocycles. The van der Waals surface area contributed by atoms with Gasteiger partial charge in [0.25, 0.3) is 5.91 Å². The molecule has 0 fully saturated rings. The number of unbranched alkanes of at least 4 members (excludes halogenated alkanes) is 1. The lowest BCUT2D eigenvalue weighted by atomic mass is 10.1. The highest BCUT2D eigenvalue weighted by molar-refractivity contribution is 7.89. The van der Waals surface area contributed by atoms with Gasteiger partial charge in [0.2, 0.25) is 10.0 Å². The Kier molecular flexibility index (Phi) is 5.08. The third-order valence-electron chi connectivity index (χ3n) is 2.82. The zero-order valence-corrected chi connectivity index (χ0v) is 12.3. The molecule has 6 heteroatoms. The van der Waals surface area contributed by atoms with Gasteiger partial charge in [-0.1, -0.05) is 13.3 Å². The number of carbonyl (C=O) groups excluding carboxylic acids is 1. The topological polar surface area (TPSA) is 80.5 Å². The van der Waals surface area contributed by atoms with Gasteiger partial charge in [0.05, 0.1) is 4.90 Å². The van der Waals surface area contributed by atoms with E-state index in [1.54, 1.807) is 24.9 Å². The molecule has 0 unspecified atom stereocenters. The molecule has 1 aromatic rings. The molecule has 106 valence electrons. The van der Waals surface area contributed by atoms with Gasteiger partial charge in [-0.2, -0.15) is 0 Å². The number of rotatable bonds is 5. The van der Waals surface area contributed by atoms with Crippen LogP contribution in [0.3, 0.4) is 0 Å². The van der Waals surface area contributed by atoms with Crippen LogP contribution in [-0.2, 0) is 10.0 Å². The van der Waals surface area contributed by atoms with Crippen LogP contribution in [0.15, 0.2) is 23.1 Å². The first-order valence-electron chi connectivity index (χ1n) is 6.15. The summed E-state index contributed by atoms with van der Waals surface area (Å²) >= 11 is 0. The third kappa shape index (κ3) is 4.33. The molecule has 1 amide bonds. The number of aryl methyl sites for hydroxylation is 1. The zero-order chi connectivity index (χ0) is 14.6. The highest BCUT2D eigenvalue weighted by atomic mass is 32.2. The van der Waals surface area contributed by atoms with E-state index in [1.165, 1.54) is 12.1 Å². The highest BCUT2D eigenvalue weighted by Gasteiger charge is 2.16. The molecule has 0 saturated heterocycles. The summed E-state index contributed by atoms with van der Waals surface area (Å²) < 4.78 is 22.7. The summed E-state index contributed by atoms with van der Waals surface area (Å²) in [7, 11) is -2.09. The van der Waals surface area contributed by atoms with Gasteiger partial charge in [-0.05, 0) is 37.1 Å². The number of sulfonamides is 1. The Morgan fingerprint density at radius 3 is 2.47 bits per heavy atom. The lowest BCUT2D eigenvalue weighted by Crippen LogP contribution is -2.28. The van der Waals surface area contributed by atoms with Crippen LogP contribution in [0.2, 0.25) is 0 Å². The number of hydrogen-bond acceptors (Lipinski definition) is 3. The van der Waals surface area contributed by atoms with E-state index in [0.717, 1.165) is 12.8 Å². The molecule has 0 saturated carbocycles. The Morgan fingerprint density at radius 2 is 1.95 bits per heavy atom. The van der Waals surface area contributed by atoms with E-state index in [-0.39, 0.29) is 10.8 Å². The molecule has 2 N–H and O–H groups in total. The minimum atomic E-state index is -3.79. The molecule has 1 rings (SSSR count). The maximum atomic E-state index is 12.2. The van der Waals surface area contributed by atoms with Crippen LogP contribution < -0.4 is 5.14 Å². The van der Waals surface area contributed by atoms with E-state index in [0.29, 0.717) is 17.7 Å². The van der Waals surface area contributed by atoms with Crippen molar-refractivity contribution in [2.45, 2.75) is 31.6 Å². The van der Waals surface area contributed by atoms with E-state index in [4.69, 9.17) is 5.14 Å². The van der Waals surface area contributed by atoms with Gasteiger partial charge in [-0.3, -0.25) is 4.79 Å². The molecule has 0 aromatic heterocycles. The normalized spacial score (nSPS) is 11.4. The van der Waals surface area contributed by atoms with Crippen molar-refractivity contribution >= 4 is 15.9 Å². The second-order valence-corrected chi connectivity index (χ2v) is 6.22. The fourth-order valence-electron chi connectivity index (χ4n) is 1.75. The zero-order valence-electron chi connectivity index (χ0n) is 11.5. The minimum Gasteiger partial charge on any atom is -0.342 e. The summed E-state index contributed by atoms with van der Waals surface area (Å²) in [6.07, 6.45) is 1.91. The molecular weight excluding hydrogens is 264 g/mol. The summed E-state index contributed by atoms with van der Waals surface area (Å²) in [6.45, 7) is 4.43. The van der Waals surface area contributed by atoms with Gasteiger partial charge < -0.3 is 4.90 Å². The predicted molar refractivity (Wildman–Crippen MR) is 74.4 cm³/mol. The first-order chi connectivity index (χ1) is 8.75. The maximum absolute atomic E-state index is 12.2. The number of hydrogen-bond donors (Lipinski definition) is 1. The molecule has 0 heterocycles. The van der Waals surface area contributed by atoms with Crippen molar-refractivity contribution in [2.75, 3.05) is 13.6 Å². The van der Waals surface area contributed by atoms with Crippen LogP contribution >= 0.6 is 0 Å². The Balaban J connectivity index is 3.07. The number of nitrogens with zero attached hydrogens (tertiary/aromatic N) is 1. The van der Waals surface area contributed by atoms with Crippen molar-refractivity contribution in [3.8, 4) is 0 Å². The third-order valence-corrected chi connectivity index (χ3v) is 3.71. The van der Waals surface area contributed by atoms with Crippen LogP contribution in [0.4, 0.5) is 0 Å². The summed E-state index contributed by atoms with van der Waals surface area (Å²) in [5.41, 5.74) is 1.04. The molecule has 19 heavy (non-hydrogen) atoms. The molecule has 0 aliphatic rings. The molecule has 0 bridgehead atoms. The Morgan fingerprint density at radius 1 is 1.32 bits per heavy atom. The van der Waals surface area contributed by atoms with Crippen LogP contribution in [0.5, 0.6) is 0 Å². The number of nitrogens with two attached hydrogens (primary N) is 1. The van der Waals surface area contributed by atoms with Crippen molar-refractivity contribution in [3.63, 3.8) is 0 Å². The number of carbonyl (C=O) groups is 1. The minimum absolute atomic E-state index is 0.0280. The maximum Gasteiger partial charge on any atom is 0.253 e. The van der Waals surface area contributed by atoms with Gasteiger partial charge in [0.15, 0.2) is 0 Å². The standard InChI is InChI=1S/C13H20N2O3S/c1-4-5-6-15(3)13(16)11-7-10(2)8-12(9-11)19(14,17)18/h7-9H,4-6H2,1-3H3,(H2,14,17,18). The Bertz CT molecular complexity index is 567. The van der Waals surface area contributed by atoms with Crippen molar-refractivity contribution < 1.29 is 13.2 Å². The van der Waals surface area contributed by atoms with E-state index in [9.17, 15) is 13.2 Å². The molecule has 0 atom stereocenters. The molecule has 5 nitrogen and oxygen atoms in total. The number of benzene rings is 1. The van der Waals surface area contributed by atoms with Crippen LogP contribution in [0, 0.1) is 6.92 Å². The van der Waals surface area contributed by atoms with Gasteiger partial charge in [-0.25, -0.2) is 13.6 Å². The van der Waals surface area contributed by atoms with Gasteiger partial charge >= 0.3 is 0 Å². The predicted octanol–water partition coefficient (Wildman–Crippen LogP) is 1.51. The van der Waals surface area contributed by atoms with Crippen molar-refractivity contribution in [1.29, 1.82) is 0 Å².